The molecule has 4 N–H and O–H groups in total. The first-order valence-electron chi connectivity index (χ1n) is 6.22. The van der Waals surface area contributed by atoms with Crippen molar-refractivity contribution in [3.05, 3.63) is 23.8 Å². The topological polar surface area (TPSA) is 70.5 Å². The molecule has 0 bridgehead atoms. The molecule has 0 aliphatic rings. The summed E-state index contributed by atoms with van der Waals surface area (Å²) in [4.78, 5) is 0. The fourth-order valence-corrected chi connectivity index (χ4v) is 2.16. The van der Waals surface area contributed by atoms with Crippen LogP contribution in [0, 0.1) is 11.8 Å². The van der Waals surface area contributed by atoms with Crippen molar-refractivity contribution in [3.8, 4) is 11.5 Å². The Balaban J connectivity index is 3.12. The van der Waals surface area contributed by atoms with Crippen LogP contribution in [0.5, 0.6) is 11.5 Å². The van der Waals surface area contributed by atoms with Crippen LogP contribution in [0.25, 0.3) is 0 Å². The molecule has 0 spiro atoms. The predicted octanol–water partition coefficient (Wildman–Crippen LogP) is 1.93. The normalized spacial score (nSPS) is 14.4. The molecule has 0 saturated heterocycles. The Morgan fingerprint density at radius 1 is 1.17 bits per heavy atom. The molecule has 0 heterocycles. The first-order valence-corrected chi connectivity index (χ1v) is 6.22. The van der Waals surface area contributed by atoms with Gasteiger partial charge in [-0.05, 0) is 36.6 Å². The van der Waals surface area contributed by atoms with Crippen molar-refractivity contribution in [3.63, 3.8) is 0 Å². The van der Waals surface area contributed by atoms with E-state index in [0.29, 0.717) is 12.5 Å². The highest BCUT2D eigenvalue weighted by molar-refractivity contribution is 5.42. The number of benzene rings is 1. The van der Waals surface area contributed by atoms with E-state index in [2.05, 4.69) is 13.8 Å². The average molecular weight is 252 g/mol. The predicted molar refractivity (Wildman–Crippen MR) is 73.9 cm³/mol. The summed E-state index contributed by atoms with van der Waals surface area (Å²) in [5, 5.41) is 0. The van der Waals surface area contributed by atoms with E-state index < -0.39 is 0 Å². The smallest absolute Gasteiger partial charge is 0.123 e. The van der Waals surface area contributed by atoms with Crippen molar-refractivity contribution in [1.29, 1.82) is 0 Å². The lowest BCUT2D eigenvalue weighted by atomic mass is 9.84. The van der Waals surface area contributed by atoms with Crippen molar-refractivity contribution >= 4 is 0 Å². The zero-order valence-electron chi connectivity index (χ0n) is 11.6. The number of hydrogen-bond acceptors (Lipinski definition) is 4. The largest absolute Gasteiger partial charge is 0.497 e. The van der Waals surface area contributed by atoms with Crippen LogP contribution in [0.1, 0.15) is 25.5 Å². The number of rotatable bonds is 6. The van der Waals surface area contributed by atoms with Gasteiger partial charge < -0.3 is 20.9 Å². The molecule has 0 saturated carbocycles. The highest BCUT2D eigenvalue weighted by atomic mass is 16.5. The molecule has 0 fully saturated rings. The molecular weight excluding hydrogens is 228 g/mol. The molecule has 0 aliphatic carbocycles. The minimum absolute atomic E-state index is 0.153. The van der Waals surface area contributed by atoms with E-state index in [0.717, 1.165) is 17.1 Å². The summed E-state index contributed by atoms with van der Waals surface area (Å²) in [6.07, 6.45) is 0. The summed E-state index contributed by atoms with van der Waals surface area (Å²) in [5.41, 5.74) is 13.1. The zero-order valence-corrected chi connectivity index (χ0v) is 11.6. The maximum atomic E-state index is 6.34. The Hall–Kier alpha value is -1.26. The first kappa shape index (κ1) is 14.8. The number of ether oxygens (including phenoxy) is 2. The highest BCUT2D eigenvalue weighted by Crippen LogP contribution is 2.34. The van der Waals surface area contributed by atoms with Crippen LogP contribution in [0.3, 0.4) is 0 Å². The van der Waals surface area contributed by atoms with Crippen LogP contribution in [0.15, 0.2) is 18.2 Å². The van der Waals surface area contributed by atoms with Crippen molar-refractivity contribution in [1.82, 2.24) is 0 Å². The lowest BCUT2D eigenvalue weighted by Gasteiger charge is -2.27. The fourth-order valence-electron chi connectivity index (χ4n) is 2.16. The van der Waals surface area contributed by atoms with Crippen LogP contribution in [0.2, 0.25) is 0 Å². The minimum Gasteiger partial charge on any atom is -0.497 e. The molecule has 4 heteroatoms. The van der Waals surface area contributed by atoms with Gasteiger partial charge in [-0.2, -0.15) is 0 Å². The SMILES string of the molecule is COc1ccc(OC)c(C(N)C(CN)C(C)C)c1. The molecule has 18 heavy (non-hydrogen) atoms. The van der Waals surface area contributed by atoms with Gasteiger partial charge in [0.1, 0.15) is 11.5 Å². The molecular formula is C14H24N2O2. The van der Waals surface area contributed by atoms with Crippen molar-refractivity contribution < 1.29 is 9.47 Å². The maximum absolute atomic E-state index is 6.34. The Bertz CT molecular complexity index is 380. The van der Waals surface area contributed by atoms with Crippen LogP contribution < -0.4 is 20.9 Å². The van der Waals surface area contributed by atoms with E-state index in [1.165, 1.54) is 0 Å². The van der Waals surface area contributed by atoms with Crippen LogP contribution in [-0.2, 0) is 0 Å². The Kier molecular flexibility index (Phi) is 5.44. The zero-order chi connectivity index (χ0) is 13.7. The van der Waals surface area contributed by atoms with Gasteiger partial charge in [-0.3, -0.25) is 0 Å². The van der Waals surface area contributed by atoms with Gasteiger partial charge in [0, 0.05) is 11.6 Å². The van der Waals surface area contributed by atoms with Crippen LogP contribution in [-0.4, -0.2) is 20.8 Å². The molecule has 0 radical (unpaired) electrons. The van der Waals surface area contributed by atoms with Crippen LogP contribution >= 0.6 is 0 Å². The van der Waals surface area contributed by atoms with Gasteiger partial charge in [0.05, 0.1) is 14.2 Å². The Morgan fingerprint density at radius 2 is 1.83 bits per heavy atom. The van der Waals surface area contributed by atoms with Gasteiger partial charge in [0.2, 0.25) is 0 Å². The first-order chi connectivity index (χ1) is 8.54. The lowest BCUT2D eigenvalue weighted by Crippen LogP contribution is -2.32. The van der Waals surface area contributed by atoms with Gasteiger partial charge in [-0.1, -0.05) is 13.8 Å². The molecule has 102 valence electrons. The van der Waals surface area contributed by atoms with E-state index in [9.17, 15) is 0 Å². The van der Waals surface area contributed by atoms with Gasteiger partial charge in [0.15, 0.2) is 0 Å². The Labute approximate surface area is 109 Å². The second kappa shape index (κ2) is 6.61. The molecule has 2 unspecified atom stereocenters. The lowest BCUT2D eigenvalue weighted by molar-refractivity contribution is 0.319. The van der Waals surface area contributed by atoms with Gasteiger partial charge >= 0.3 is 0 Å². The van der Waals surface area contributed by atoms with Crippen LogP contribution in [0.4, 0.5) is 0 Å². The quantitative estimate of drug-likeness (QED) is 0.811. The molecule has 1 aromatic rings. The van der Waals surface area contributed by atoms with Crippen molar-refractivity contribution in [2.75, 3.05) is 20.8 Å². The minimum atomic E-state index is -0.153. The van der Waals surface area contributed by atoms with Gasteiger partial charge in [0.25, 0.3) is 0 Å². The second-order valence-electron chi connectivity index (χ2n) is 4.78. The third-order valence-corrected chi connectivity index (χ3v) is 3.39. The molecule has 1 aromatic carbocycles. The summed E-state index contributed by atoms with van der Waals surface area (Å²) in [6.45, 7) is 4.81. The third kappa shape index (κ3) is 3.15. The molecule has 0 aliphatic heterocycles. The molecule has 0 aromatic heterocycles. The maximum Gasteiger partial charge on any atom is 0.123 e. The standard InChI is InChI=1S/C14H24N2O2/c1-9(2)12(8-15)14(16)11-7-10(17-3)5-6-13(11)18-4/h5-7,9,12,14H,8,15-16H2,1-4H3. The number of nitrogens with two attached hydrogens (primary N) is 2. The summed E-state index contributed by atoms with van der Waals surface area (Å²) in [7, 11) is 3.28. The summed E-state index contributed by atoms with van der Waals surface area (Å²) < 4.78 is 10.6. The van der Waals surface area contributed by atoms with E-state index in [4.69, 9.17) is 20.9 Å². The van der Waals surface area contributed by atoms with Gasteiger partial charge in [-0.25, -0.2) is 0 Å². The van der Waals surface area contributed by atoms with E-state index >= 15 is 0 Å². The van der Waals surface area contributed by atoms with Gasteiger partial charge in [-0.15, -0.1) is 0 Å². The number of methoxy groups -OCH3 is 2. The van der Waals surface area contributed by atoms with Crippen molar-refractivity contribution in [2.24, 2.45) is 23.3 Å². The summed E-state index contributed by atoms with van der Waals surface area (Å²) in [5.74, 6) is 2.19. The second-order valence-corrected chi connectivity index (χ2v) is 4.78. The fraction of sp³-hybridized carbons (Fsp3) is 0.571. The van der Waals surface area contributed by atoms with Crippen molar-refractivity contribution in [2.45, 2.75) is 19.9 Å². The third-order valence-electron chi connectivity index (χ3n) is 3.39. The average Bonchev–Trinajstić information content (AvgIpc) is 2.38. The summed E-state index contributed by atoms with van der Waals surface area (Å²) >= 11 is 0. The van der Waals surface area contributed by atoms with E-state index in [-0.39, 0.29) is 12.0 Å². The molecule has 1 rings (SSSR count). The van der Waals surface area contributed by atoms with E-state index in [1.807, 2.05) is 18.2 Å². The summed E-state index contributed by atoms with van der Waals surface area (Å²) in [6, 6.07) is 5.51. The molecule has 4 nitrogen and oxygen atoms in total. The molecule has 2 atom stereocenters. The van der Waals surface area contributed by atoms with E-state index in [1.54, 1.807) is 14.2 Å². The monoisotopic (exact) mass is 252 g/mol. The highest BCUT2D eigenvalue weighted by Gasteiger charge is 2.24. The molecule has 0 amide bonds. The Morgan fingerprint density at radius 3 is 2.28 bits per heavy atom. The number of hydrogen-bond donors (Lipinski definition) is 2.